The Morgan fingerprint density at radius 1 is 1.50 bits per heavy atom. The molecule has 4 heteroatoms. The lowest BCUT2D eigenvalue weighted by molar-refractivity contribution is 0.0899. The normalized spacial score (nSPS) is 13.8. The molecule has 4 nitrogen and oxygen atoms in total. The molecule has 0 bridgehead atoms. The largest absolute Gasteiger partial charge is 0.497 e. The van der Waals surface area contributed by atoms with Crippen LogP contribution in [0.3, 0.4) is 0 Å². The second-order valence-electron chi connectivity index (χ2n) is 4.64. The lowest BCUT2D eigenvalue weighted by atomic mass is 9.94. The van der Waals surface area contributed by atoms with Crippen LogP contribution in [0.2, 0.25) is 0 Å². The fourth-order valence-corrected chi connectivity index (χ4v) is 1.76. The predicted octanol–water partition coefficient (Wildman–Crippen LogP) is 1.94. The smallest absolute Gasteiger partial charge is 0.251 e. The van der Waals surface area contributed by atoms with E-state index < -0.39 is 0 Å². The van der Waals surface area contributed by atoms with Gasteiger partial charge in [-0.25, -0.2) is 0 Å². The van der Waals surface area contributed by atoms with E-state index in [2.05, 4.69) is 5.32 Å². The van der Waals surface area contributed by atoms with E-state index in [9.17, 15) is 4.79 Å². The summed E-state index contributed by atoms with van der Waals surface area (Å²) in [6, 6.07) is 7.12. The van der Waals surface area contributed by atoms with Crippen molar-refractivity contribution in [3.8, 4) is 5.75 Å². The molecule has 18 heavy (non-hydrogen) atoms. The molecule has 1 atom stereocenters. The minimum absolute atomic E-state index is 0.0910. The molecule has 0 spiro atoms. The second kappa shape index (κ2) is 6.40. The van der Waals surface area contributed by atoms with Gasteiger partial charge in [-0.3, -0.25) is 4.79 Å². The number of carbonyl (C=O) groups is 1. The van der Waals surface area contributed by atoms with Crippen molar-refractivity contribution in [3.05, 3.63) is 29.8 Å². The van der Waals surface area contributed by atoms with Gasteiger partial charge >= 0.3 is 0 Å². The summed E-state index contributed by atoms with van der Waals surface area (Å²) in [4.78, 5) is 12.2. The van der Waals surface area contributed by atoms with Gasteiger partial charge in [0.2, 0.25) is 0 Å². The Bertz CT molecular complexity index is 407. The Morgan fingerprint density at radius 3 is 2.78 bits per heavy atom. The highest BCUT2D eigenvalue weighted by molar-refractivity contribution is 5.95. The van der Waals surface area contributed by atoms with E-state index in [4.69, 9.17) is 10.5 Å². The van der Waals surface area contributed by atoms with Crippen LogP contribution < -0.4 is 15.8 Å². The van der Waals surface area contributed by atoms with Gasteiger partial charge in [-0.15, -0.1) is 0 Å². The molecule has 0 aromatic heterocycles. The van der Waals surface area contributed by atoms with Crippen molar-refractivity contribution in [2.75, 3.05) is 13.7 Å². The van der Waals surface area contributed by atoms with E-state index in [-0.39, 0.29) is 11.4 Å². The van der Waals surface area contributed by atoms with Crippen LogP contribution in [-0.2, 0) is 0 Å². The van der Waals surface area contributed by atoms with Crippen molar-refractivity contribution >= 4 is 5.91 Å². The van der Waals surface area contributed by atoms with Crippen LogP contribution in [-0.4, -0.2) is 25.1 Å². The third-order valence-electron chi connectivity index (χ3n) is 3.22. The van der Waals surface area contributed by atoms with Gasteiger partial charge in [0.1, 0.15) is 5.75 Å². The van der Waals surface area contributed by atoms with E-state index >= 15 is 0 Å². The molecular formula is C14H22N2O2. The number of nitrogens with two attached hydrogens (primary N) is 1. The standard InChI is InChI=1S/C14H22N2O2/c1-4-14(2,8-9-15)16-13(17)11-6-5-7-12(10-11)18-3/h5-7,10H,4,8-9,15H2,1-3H3,(H,16,17). The molecule has 0 aliphatic carbocycles. The summed E-state index contributed by atoms with van der Waals surface area (Å²) in [7, 11) is 1.58. The fourth-order valence-electron chi connectivity index (χ4n) is 1.76. The first kappa shape index (κ1) is 14.5. The first-order chi connectivity index (χ1) is 8.54. The Hall–Kier alpha value is -1.55. The zero-order chi connectivity index (χ0) is 13.6. The zero-order valence-electron chi connectivity index (χ0n) is 11.3. The van der Waals surface area contributed by atoms with E-state index in [1.54, 1.807) is 25.3 Å². The molecule has 1 aromatic carbocycles. The van der Waals surface area contributed by atoms with Crippen molar-refractivity contribution in [2.24, 2.45) is 5.73 Å². The summed E-state index contributed by atoms with van der Waals surface area (Å²) in [5.41, 5.74) is 5.93. The number of amides is 1. The van der Waals surface area contributed by atoms with E-state index in [1.165, 1.54) is 0 Å². The third kappa shape index (κ3) is 3.74. The Morgan fingerprint density at radius 2 is 2.22 bits per heavy atom. The van der Waals surface area contributed by atoms with Crippen LogP contribution in [0.25, 0.3) is 0 Å². The summed E-state index contributed by atoms with van der Waals surface area (Å²) in [6.45, 7) is 4.61. The number of hydrogen-bond donors (Lipinski definition) is 2. The van der Waals surface area contributed by atoms with Gasteiger partial charge in [0.05, 0.1) is 7.11 Å². The van der Waals surface area contributed by atoms with Crippen LogP contribution >= 0.6 is 0 Å². The van der Waals surface area contributed by atoms with Crippen molar-refractivity contribution in [2.45, 2.75) is 32.2 Å². The van der Waals surface area contributed by atoms with Gasteiger partial charge in [0.15, 0.2) is 0 Å². The van der Waals surface area contributed by atoms with E-state index in [0.29, 0.717) is 17.9 Å². The summed E-state index contributed by atoms with van der Waals surface area (Å²) in [6.07, 6.45) is 1.61. The fraction of sp³-hybridized carbons (Fsp3) is 0.500. The predicted molar refractivity (Wildman–Crippen MR) is 72.8 cm³/mol. The van der Waals surface area contributed by atoms with Crippen LogP contribution in [0.4, 0.5) is 0 Å². The van der Waals surface area contributed by atoms with Crippen molar-refractivity contribution < 1.29 is 9.53 Å². The Labute approximate surface area is 109 Å². The zero-order valence-corrected chi connectivity index (χ0v) is 11.3. The maximum atomic E-state index is 12.2. The highest BCUT2D eigenvalue weighted by Gasteiger charge is 2.23. The third-order valence-corrected chi connectivity index (χ3v) is 3.22. The summed E-state index contributed by atoms with van der Waals surface area (Å²) in [5, 5.41) is 3.04. The van der Waals surface area contributed by atoms with E-state index in [0.717, 1.165) is 12.8 Å². The van der Waals surface area contributed by atoms with Crippen molar-refractivity contribution in [1.82, 2.24) is 5.32 Å². The molecule has 0 saturated carbocycles. The minimum Gasteiger partial charge on any atom is -0.497 e. The van der Waals surface area contributed by atoms with Crippen molar-refractivity contribution in [3.63, 3.8) is 0 Å². The highest BCUT2D eigenvalue weighted by Crippen LogP contribution is 2.17. The van der Waals surface area contributed by atoms with Crippen LogP contribution in [0.15, 0.2) is 24.3 Å². The highest BCUT2D eigenvalue weighted by atomic mass is 16.5. The molecule has 1 rings (SSSR count). The lowest BCUT2D eigenvalue weighted by Gasteiger charge is -2.29. The number of nitrogens with one attached hydrogen (secondary N) is 1. The minimum atomic E-state index is -0.255. The molecular weight excluding hydrogens is 228 g/mol. The molecule has 1 amide bonds. The number of hydrogen-bond acceptors (Lipinski definition) is 3. The van der Waals surface area contributed by atoms with Crippen LogP contribution in [0.1, 0.15) is 37.0 Å². The molecule has 100 valence electrons. The first-order valence-electron chi connectivity index (χ1n) is 6.21. The average Bonchev–Trinajstić information content (AvgIpc) is 2.39. The van der Waals surface area contributed by atoms with Gasteiger partial charge in [0, 0.05) is 11.1 Å². The van der Waals surface area contributed by atoms with Gasteiger partial charge in [-0.2, -0.15) is 0 Å². The molecule has 0 aliphatic rings. The topological polar surface area (TPSA) is 64.3 Å². The van der Waals surface area contributed by atoms with Crippen molar-refractivity contribution in [1.29, 1.82) is 0 Å². The number of ether oxygens (including phenoxy) is 1. The molecule has 0 saturated heterocycles. The number of carbonyl (C=O) groups excluding carboxylic acids is 1. The van der Waals surface area contributed by atoms with Crippen LogP contribution in [0, 0.1) is 0 Å². The molecule has 0 radical (unpaired) electrons. The monoisotopic (exact) mass is 250 g/mol. The number of rotatable bonds is 6. The van der Waals surface area contributed by atoms with Crippen LogP contribution in [0.5, 0.6) is 5.75 Å². The SMILES string of the molecule is CCC(C)(CCN)NC(=O)c1cccc(OC)c1. The van der Waals surface area contributed by atoms with Gasteiger partial charge < -0.3 is 15.8 Å². The number of benzene rings is 1. The molecule has 0 heterocycles. The Balaban J connectivity index is 2.80. The average molecular weight is 250 g/mol. The molecule has 0 aliphatic heterocycles. The van der Waals surface area contributed by atoms with E-state index in [1.807, 2.05) is 19.9 Å². The molecule has 1 aromatic rings. The van der Waals surface area contributed by atoms with Gasteiger partial charge in [-0.05, 0) is 44.5 Å². The summed E-state index contributed by atoms with van der Waals surface area (Å²) < 4.78 is 5.11. The van der Waals surface area contributed by atoms with Gasteiger partial charge in [-0.1, -0.05) is 13.0 Å². The summed E-state index contributed by atoms with van der Waals surface area (Å²) >= 11 is 0. The first-order valence-corrected chi connectivity index (χ1v) is 6.21. The van der Waals surface area contributed by atoms with Gasteiger partial charge in [0.25, 0.3) is 5.91 Å². The maximum absolute atomic E-state index is 12.2. The summed E-state index contributed by atoms with van der Waals surface area (Å²) in [5.74, 6) is 0.589. The molecule has 1 unspecified atom stereocenters. The molecule has 0 fully saturated rings. The number of methoxy groups -OCH3 is 1. The lowest BCUT2D eigenvalue weighted by Crippen LogP contribution is -2.46. The second-order valence-corrected chi connectivity index (χ2v) is 4.64. The molecule has 3 N–H and O–H groups in total. The quantitative estimate of drug-likeness (QED) is 0.811. The maximum Gasteiger partial charge on any atom is 0.251 e. The Kier molecular flexibility index (Phi) is 5.16.